The second-order valence-electron chi connectivity index (χ2n) is 8.77. The van der Waals surface area contributed by atoms with Gasteiger partial charge >= 0.3 is 5.97 Å². The van der Waals surface area contributed by atoms with Gasteiger partial charge in [0, 0.05) is 24.5 Å². The number of amides is 1. The predicted molar refractivity (Wildman–Crippen MR) is 145 cm³/mol. The highest BCUT2D eigenvalue weighted by Gasteiger charge is 2.27. The van der Waals surface area contributed by atoms with Crippen molar-refractivity contribution in [2.45, 2.75) is 22.6 Å². The van der Waals surface area contributed by atoms with E-state index in [-0.39, 0.29) is 21.2 Å². The average Bonchev–Trinajstić information content (AvgIpc) is 3.49. The van der Waals surface area contributed by atoms with Crippen molar-refractivity contribution < 1.29 is 41.0 Å². The molecule has 0 unspecified atom stereocenters. The van der Waals surface area contributed by atoms with E-state index in [0.29, 0.717) is 18.8 Å². The number of anilines is 2. The maximum Gasteiger partial charge on any atom is 0.342 e. The molecule has 0 aromatic heterocycles. The molecule has 3 aromatic carbocycles. The number of rotatable bonds is 10. The second kappa shape index (κ2) is 11.9. The normalized spacial score (nSPS) is 13.9. The number of hydrogen-bond acceptors (Lipinski definition) is 9. The lowest BCUT2D eigenvalue weighted by Crippen LogP contribution is -2.27. The summed E-state index contributed by atoms with van der Waals surface area (Å²) in [7, 11) is -6.26. The molecule has 12 nitrogen and oxygen atoms in total. The van der Waals surface area contributed by atoms with Gasteiger partial charge < -0.3 is 19.9 Å². The van der Waals surface area contributed by atoms with Crippen LogP contribution >= 0.6 is 0 Å². The molecule has 1 fully saturated rings. The van der Waals surface area contributed by atoms with Crippen LogP contribution in [0.5, 0.6) is 11.5 Å². The minimum Gasteiger partial charge on any atom is -0.507 e. The van der Waals surface area contributed by atoms with Crippen LogP contribution in [-0.4, -0.2) is 64.9 Å². The first-order valence-corrected chi connectivity index (χ1v) is 15.0. The summed E-state index contributed by atoms with van der Waals surface area (Å²) in [5.41, 5.74) is 0.0696. The standard InChI is InChI=1S/C26H27N3O9S2/c1-37-20-8-4-19(5-9-20)28-39(33,34)22-12-13-24(30)23(16-22)26(32)38-17-25(31)27-18-6-10-21(11-7-18)40(35,36)29-14-2-3-15-29/h4-13,16,28,30H,2-3,14-15,17H2,1H3,(H,27,31). The molecule has 212 valence electrons. The van der Waals surface area contributed by atoms with Crippen molar-refractivity contribution in [1.82, 2.24) is 4.31 Å². The predicted octanol–water partition coefficient (Wildman–Crippen LogP) is 2.78. The topological polar surface area (TPSA) is 168 Å². The van der Waals surface area contributed by atoms with Crippen LogP contribution in [0.3, 0.4) is 0 Å². The summed E-state index contributed by atoms with van der Waals surface area (Å²) in [4.78, 5) is 24.6. The lowest BCUT2D eigenvalue weighted by atomic mass is 10.2. The minimum atomic E-state index is -4.13. The van der Waals surface area contributed by atoms with Gasteiger partial charge in [-0.1, -0.05) is 0 Å². The lowest BCUT2D eigenvalue weighted by Gasteiger charge is -2.15. The van der Waals surface area contributed by atoms with Crippen LogP contribution in [0.2, 0.25) is 0 Å². The highest BCUT2D eigenvalue weighted by Crippen LogP contribution is 2.25. The Morgan fingerprint density at radius 1 is 0.875 bits per heavy atom. The SMILES string of the molecule is COc1ccc(NS(=O)(=O)c2ccc(O)c(C(=O)OCC(=O)Nc3ccc(S(=O)(=O)N4CCCC4)cc3)c2)cc1. The number of ether oxygens (including phenoxy) is 2. The van der Waals surface area contributed by atoms with Crippen LogP contribution in [0.1, 0.15) is 23.2 Å². The Kier molecular flexibility index (Phi) is 8.61. The molecule has 0 spiro atoms. The van der Waals surface area contributed by atoms with Gasteiger partial charge in [-0.05, 0) is 79.6 Å². The van der Waals surface area contributed by atoms with Gasteiger partial charge in [0.05, 0.1) is 16.9 Å². The molecule has 1 aliphatic heterocycles. The number of nitrogens with one attached hydrogen (secondary N) is 2. The Bertz CT molecular complexity index is 1600. The van der Waals surface area contributed by atoms with Gasteiger partial charge in [-0.3, -0.25) is 9.52 Å². The van der Waals surface area contributed by atoms with E-state index < -0.39 is 49.8 Å². The highest BCUT2D eigenvalue weighted by molar-refractivity contribution is 7.92. The van der Waals surface area contributed by atoms with E-state index in [1.165, 1.54) is 47.8 Å². The van der Waals surface area contributed by atoms with E-state index in [2.05, 4.69) is 10.0 Å². The number of carbonyl (C=O) groups is 2. The van der Waals surface area contributed by atoms with Crippen molar-refractivity contribution in [2.75, 3.05) is 36.8 Å². The summed E-state index contributed by atoms with van der Waals surface area (Å²) < 4.78 is 64.6. The third-order valence-electron chi connectivity index (χ3n) is 6.02. The molecule has 0 atom stereocenters. The summed E-state index contributed by atoms with van der Waals surface area (Å²) in [6.45, 7) is 0.193. The fourth-order valence-corrected chi connectivity index (χ4v) is 6.51. The van der Waals surface area contributed by atoms with Crippen molar-refractivity contribution in [3.63, 3.8) is 0 Å². The van der Waals surface area contributed by atoms with Crippen LogP contribution in [0, 0.1) is 0 Å². The number of methoxy groups -OCH3 is 1. The quantitative estimate of drug-likeness (QED) is 0.301. The number of carbonyl (C=O) groups excluding carboxylic acids is 2. The first-order valence-electron chi connectivity index (χ1n) is 12.1. The van der Waals surface area contributed by atoms with Crippen molar-refractivity contribution in [2.24, 2.45) is 0 Å². The summed E-state index contributed by atoms with van der Waals surface area (Å²) in [5, 5.41) is 12.6. The number of benzene rings is 3. The molecular weight excluding hydrogens is 562 g/mol. The smallest absolute Gasteiger partial charge is 0.342 e. The molecule has 0 radical (unpaired) electrons. The zero-order valence-electron chi connectivity index (χ0n) is 21.4. The Labute approximate surface area is 231 Å². The summed E-state index contributed by atoms with van der Waals surface area (Å²) in [5.74, 6) is -1.86. The van der Waals surface area contributed by atoms with Gasteiger partial charge in [-0.25, -0.2) is 21.6 Å². The van der Waals surface area contributed by atoms with Gasteiger partial charge in [-0.2, -0.15) is 4.31 Å². The van der Waals surface area contributed by atoms with E-state index >= 15 is 0 Å². The van der Waals surface area contributed by atoms with Crippen molar-refractivity contribution in [1.29, 1.82) is 0 Å². The fourth-order valence-electron chi connectivity index (χ4n) is 3.91. The maximum atomic E-state index is 12.8. The number of esters is 1. The molecular formula is C26H27N3O9S2. The first kappa shape index (κ1) is 28.9. The van der Waals surface area contributed by atoms with Gasteiger partial charge in [0.15, 0.2) is 6.61 Å². The third kappa shape index (κ3) is 6.70. The van der Waals surface area contributed by atoms with Gasteiger partial charge in [0.2, 0.25) is 10.0 Å². The van der Waals surface area contributed by atoms with Gasteiger partial charge in [0.25, 0.3) is 15.9 Å². The van der Waals surface area contributed by atoms with Crippen LogP contribution in [0.15, 0.2) is 76.5 Å². The summed E-state index contributed by atoms with van der Waals surface area (Å²) in [6, 6.07) is 14.8. The Hall–Kier alpha value is -4.14. The summed E-state index contributed by atoms with van der Waals surface area (Å²) >= 11 is 0. The molecule has 0 saturated carbocycles. The third-order valence-corrected chi connectivity index (χ3v) is 9.31. The van der Waals surface area contributed by atoms with Gasteiger partial charge in [0.1, 0.15) is 17.1 Å². The Balaban J connectivity index is 1.36. The maximum absolute atomic E-state index is 12.8. The monoisotopic (exact) mass is 589 g/mol. The Morgan fingerprint density at radius 3 is 2.10 bits per heavy atom. The zero-order chi connectivity index (χ0) is 28.9. The average molecular weight is 590 g/mol. The zero-order valence-corrected chi connectivity index (χ0v) is 23.0. The summed E-state index contributed by atoms with van der Waals surface area (Å²) in [6.07, 6.45) is 1.62. The van der Waals surface area contributed by atoms with Crippen molar-refractivity contribution in [3.05, 3.63) is 72.3 Å². The van der Waals surface area contributed by atoms with Crippen molar-refractivity contribution in [3.8, 4) is 11.5 Å². The molecule has 1 saturated heterocycles. The van der Waals surface area contributed by atoms with E-state index in [4.69, 9.17) is 9.47 Å². The molecule has 3 aromatic rings. The molecule has 1 aliphatic rings. The Morgan fingerprint density at radius 2 is 1.48 bits per heavy atom. The number of nitrogens with zero attached hydrogens (tertiary/aromatic N) is 1. The van der Waals surface area contributed by atoms with Crippen LogP contribution in [0.4, 0.5) is 11.4 Å². The van der Waals surface area contributed by atoms with Crippen LogP contribution in [-0.2, 0) is 29.6 Å². The fraction of sp³-hybridized carbons (Fsp3) is 0.231. The number of aromatic hydroxyl groups is 1. The molecule has 3 N–H and O–H groups in total. The van der Waals surface area contributed by atoms with Gasteiger partial charge in [-0.15, -0.1) is 0 Å². The number of phenolic OH excluding ortho intramolecular Hbond substituents is 1. The minimum absolute atomic E-state index is 0.102. The highest BCUT2D eigenvalue weighted by atomic mass is 32.2. The van der Waals surface area contributed by atoms with Crippen LogP contribution in [0.25, 0.3) is 0 Å². The molecule has 1 heterocycles. The van der Waals surface area contributed by atoms with E-state index in [9.17, 15) is 31.5 Å². The number of phenols is 1. The number of sulfonamides is 2. The molecule has 14 heteroatoms. The van der Waals surface area contributed by atoms with E-state index in [1.807, 2.05) is 0 Å². The number of hydrogen-bond donors (Lipinski definition) is 3. The molecule has 4 rings (SSSR count). The van der Waals surface area contributed by atoms with Crippen molar-refractivity contribution >= 4 is 43.3 Å². The molecule has 0 bridgehead atoms. The largest absolute Gasteiger partial charge is 0.507 e. The van der Waals surface area contributed by atoms with E-state index in [0.717, 1.165) is 31.0 Å². The van der Waals surface area contributed by atoms with Crippen LogP contribution < -0.4 is 14.8 Å². The first-order chi connectivity index (χ1) is 19.0. The molecule has 0 aliphatic carbocycles. The van der Waals surface area contributed by atoms with E-state index in [1.54, 1.807) is 12.1 Å². The lowest BCUT2D eigenvalue weighted by molar-refractivity contribution is -0.119. The molecule has 1 amide bonds. The molecule has 40 heavy (non-hydrogen) atoms. The second-order valence-corrected chi connectivity index (χ2v) is 12.4.